The minimum atomic E-state index is -0.256. The molecule has 0 radical (unpaired) electrons. The maximum absolute atomic E-state index is 13.1. The number of likely N-dealkylation sites (tertiary alicyclic amines) is 2. The van der Waals surface area contributed by atoms with Crippen molar-refractivity contribution >= 4 is 11.8 Å². The van der Waals surface area contributed by atoms with Crippen molar-refractivity contribution in [2.24, 2.45) is 0 Å². The highest BCUT2D eigenvalue weighted by Crippen LogP contribution is 2.30. The number of nitrogens with zero attached hydrogens (tertiary/aromatic N) is 2. The van der Waals surface area contributed by atoms with Crippen LogP contribution in [0.2, 0.25) is 0 Å². The third-order valence-electron chi connectivity index (χ3n) is 5.74. The predicted octanol–water partition coefficient (Wildman–Crippen LogP) is 3.28. The van der Waals surface area contributed by atoms with Crippen LogP contribution in [0.25, 0.3) is 0 Å². The average Bonchev–Trinajstić information content (AvgIpc) is 2.68. The summed E-state index contributed by atoms with van der Waals surface area (Å²) in [6.45, 7) is 4.22. The molecule has 5 nitrogen and oxygen atoms in total. The van der Waals surface area contributed by atoms with E-state index in [4.69, 9.17) is 0 Å². The van der Waals surface area contributed by atoms with Crippen LogP contribution in [0, 0.1) is 0 Å². The topological polar surface area (TPSA) is 60.9 Å². The van der Waals surface area contributed by atoms with Gasteiger partial charge in [-0.2, -0.15) is 0 Å². The van der Waals surface area contributed by atoms with Gasteiger partial charge in [0.1, 0.15) is 11.8 Å². The number of phenols is 1. The van der Waals surface area contributed by atoms with Gasteiger partial charge in [0.2, 0.25) is 11.8 Å². The fourth-order valence-electron chi connectivity index (χ4n) is 4.23. The van der Waals surface area contributed by atoms with E-state index in [2.05, 4.69) is 0 Å². The van der Waals surface area contributed by atoms with Gasteiger partial charge in [-0.1, -0.05) is 19.1 Å². The summed E-state index contributed by atoms with van der Waals surface area (Å²) < 4.78 is 0. The van der Waals surface area contributed by atoms with Gasteiger partial charge in [0.25, 0.3) is 0 Å². The van der Waals surface area contributed by atoms with E-state index in [1.54, 1.807) is 12.1 Å². The second kappa shape index (κ2) is 8.56. The summed E-state index contributed by atoms with van der Waals surface area (Å²) in [7, 11) is 0. The average molecular weight is 358 g/mol. The number of piperidine rings is 2. The number of phenolic OH excluding ortho intramolecular Hbond substituents is 1. The highest BCUT2D eigenvalue weighted by molar-refractivity contribution is 5.88. The highest BCUT2D eigenvalue weighted by atomic mass is 16.3. The smallest absolute Gasteiger partial charge is 0.245 e. The molecule has 5 heteroatoms. The molecular formula is C21H30N2O3. The van der Waals surface area contributed by atoms with E-state index in [1.807, 2.05) is 28.9 Å². The van der Waals surface area contributed by atoms with Crippen LogP contribution in [0.5, 0.6) is 5.75 Å². The molecule has 1 N–H and O–H groups in total. The first-order valence-electron chi connectivity index (χ1n) is 9.97. The van der Waals surface area contributed by atoms with E-state index in [-0.39, 0.29) is 23.6 Å². The van der Waals surface area contributed by atoms with Crippen molar-refractivity contribution in [3.63, 3.8) is 0 Å². The molecule has 2 aliphatic heterocycles. The van der Waals surface area contributed by atoms with Gasteiger partial charge in [-0.05, 0) is 62.1 Å². The zero-order valence-corrected chi connectivity index (χ0v) is 15.7. The third kappa shape index (κ3) is 4.19. The van der Waals surface area contributed by atoms with Crippen molar-refractivity contribution < 1.29 is 14.7 Å². The van der Waals surface area contributed by atoms with Crippen LogP contribution in [0.4, 0.5) is 0 Å². The molecule has 1 atom stereocenters. The number of carbonyl (C=O) groups excluding carboxylic acids is 2. The Morgan fingerprint density at radius 2 is 1.73 bits per heavy atom. The van der Waals surface area contributed by atoms with Gasteiger partial charge in [-0.15, -0.1) is 0 Å². The zero-order chi connectivity index (χ0) is 18.5. The number of amides is 2. The number of rotatable bonds is 4. The Hall–Kier alpha value is -2.04. The van der Waals surface area contributed by atoms with E-state index < -0.39 is 0 Å². The molecule has 2 fully saturated rings. The number of hydrogen-bond acceptors (Lipinski definition) is 3. The van der Waals surface area contributed by atoms with Crippen molar-refractivity contribution in [1.29, 1.82) is 0 Å². The molecule has 0 aliphatic carbocycles. The maximum Gasteiger partial charge on any atom is 0.245 e. The summed E-state index contributed by atoms with van der Waals surface area (Å²) in [6, 6.07) is 7.15. The number of hydrogen-bond donors (Lipinski definition) is 1. The van der Waals surface area contributed by atoms with Crippen molar-refractivity contribution in [3.05, 3.63) is 29.8 Å². The van der Waals surface area contributed by atoms with E-state index in [9.17, 15) is 14.7 Å². The van der Waals surface area contributed by atoms with E-state index in [1.165, 1.54) is 5.56 Å². The van der Waals surface area contributed by atoms with Gasteiger partial charge in [0.15, 0.2) is 0 Å². The molecule has 0 saturated carbocycles. The van der Waals surface area contributed by atoms with Gasteiger partial charge in [0, 0.05) is 26.1 Å². The SMILES string of the molecule is CCCC(=O)N1CCCCC1C(=O)N1CCC(c2ccc(O)cc2)CC1. The van der Waals surface area contributed by atoms with Crippen LogP contribution in [0.1, 0.15) is 63.4 Å². The Labute approximate surface area is 156 Å². The second-order valence-corrected chi connectivity index (χ2v) is 7.54. The predicted molar refractivity (Wildman–Crippen MR) is 101 cm³/mol. The Morgan fingerprint density at radius 3 is 2.38 bits per heavy atom. The van der Waals surface area contributed by atoms with E-state index in [0.29, 0.717) is 12.3 Å². The molecule has 1 unspecified atom stereocenters. The van der Waals surface area contributed by atoms with Gasteiger partial charge in [-0.3, -0.25) is 9.59 Å². The molecule has 1 aromatic rings. The first-order chi connectivity index (χ1) is 12.6. The highest BCUT2D eigenvalue weighted by Gasteiger charge is 2.35. The van der Waals surface area contributed by atoms with E-state index >= 15 is 0 Å². The van der Waals surface area contributed by atoms with Gasteiger partial charge >= 0.3 is 0 Å². The minimum Gasteiger partial charge on any atom is -0.508 e. The normalized spacial score (nSPS) is 21.7. The quantitative estimate of drug-likeness (QED) is 0.898. The standard InChI is InChI=1S/C21H30N2O3/c1-2-5-20(25)23-13-4-3-6-19(23)21(26)22-14-11-17(12-15-22)16-7-9-18(24)10-8-16/h7-10,17,19,24H,2-6,11-15H2,1H3. The number of benzene rings is 1. The molecule has 2 heterocycles. The van der Waals surface area contributed by atoms with Crippen molar-refractivity contribution in [2.45, 2.75) is 63.8 Å². The molecule has 0 spiro atoms. The fourth-order valence-corrected chi connectivity index (χ4v) is 4.23. The van der Waals surface area contributed by atoms with Crippen molar-refractivity contribution in [2.75, 3.05) is 19.6 Å². The molecule has 0 aromatic heterocycles. The molecular weight excluding hydrogens is 328 g/mol. The Bertz CT molecular complexity index is 621. The molecule has 26 heavy (non-hydrogen) atoms. The summed E-state index contributed by atoms with van der Waals surface area (Å²) in [5.74, 6) is 0.988. The van der Waals surface area contributed by atoms with Gasteiger partial charge < -0.3 is 14.9 Å². The first-order valence-corrected chi connectivity index (χ1v) is 9.97. The third-order valence-corrected chi connectivity index (χ3v) is 5.74. The van der Waals surface area contributed by atoms with Crippen LogP contribution in [-0.2, 0) is 9.59 Å². The molecule has 1 aromatic carbocycles. The van der Waals surface area contributed by atoms with Crippen LogP contribution in [0.3, 0.4) is 0 Å². The number of aromatic hydroxyl groups is 1. The van der Waals surface area contributed by atoms with Crippen LogP contribution >= 0.6 is 0 Å². The second-order valence-electron chi connectivity index (χ2n) is 7.54. The molecule has 2 amide bonds. The van der Waals surface area contributed by atoms with Crippen LogP contribution < -0.4 is 0 Å². The number of carbonyl (C=O) groups is 2. The summed E-state index contributed by atoms with van der Waals surface area (Å²) in [6.07, 6.45) is 6.06. The summed E-state index contributed by atoms with van der Waals surface area (Å²) >= 11 is 0. The molecule has 142 valence electrons. The van der Waals surface area contributed by atoms with Gasteiger partial charge in [-0.25, -0.2) is 0 Å². The van der Waals surface area contributed by atoms with Crippen molar-refractivity contribution in [3.8, 4) is 5.75 Å². The van der Waals surface area contributed by atoms with Gasteiger partial charge in [0.05, 0.1) is 0 Å². The Kier molecular flexibility index (Phi) is 6.17. The summed E-state index contributed by atoms with van der Waals surface area (Å²) in [5.41, 5.74) is 1.23. The van der Waals surface area contributed by atoms with Crippen LogP contribution in [-0.4, -0.2) is 52.4 Å². The molecule has 0 bridgehead atoms. The lowest BCUT2D eigenvalue weighted by atomic mass is 9.89. The maximum atomic E-state index is 13.1. The van der Waals surface area contributed by atoms with E-state index in [0.717, 1.165) is 58.2 Å². The molecule has 2 aliphatic rings. The lowest BCUT2D eigenvalue weighted by Gasteiger charge is -2.40. The van der Waals surface area contributed by atoms with Crippen LogP contribution in [0.15, 0.2) is 24.3 Å². The minimum absolute atomic E-state index is 0.129. The molecule has 3 rings (SSSR count). The van der Waals surface area contributed by atoms with Crippen molar-refractivity contribution in [1.82, 2.24) is 9.80 Å². The summed E-state index contributed by atoms with van der Waals surface area (Å²) in [5, 5.41) is 9.44. The molecule has 2 saturated heterocycles. The lowest BCUT2D eigenvalue weighted by molar-refractivity contribution is -0.148. The fraction of sp³-hybridized carbons (Fsp3) is 0.619. The monoisotopic (exact) mass is 358 g/mol. The lowest BCUT2D eigenvalue weighted by Crippen LogP contribution is -2.54. The Balaban J connectivity index is 1.60. The Morgan fingerprint density at radius 1 is 1.04 bits per heavy atom. The largest absolute Gasteiger partial charge is 0.508 e. The first kappa shape index (κ1) is 18.7. The summed E-state index contributed by atoms with van der Waals surface area (Å²) in [4.78, 5) is 29.2. The zero-order valence-electron chi connectivity index (χ0n) is 15.7.